The monoisotopic (exact) mass is 359 g/mol. The summed E-state index contributed by atoms with van der Waals surface area (Å²) in [7, 11) is 0. The highest BCUT2D eigenvalue weighted by Crippen LogP contribution is 2.24. The minimum atomic E-state index is -0.885. The predicted octanol–water partition coefficient (Wildman–Crippen LogP) is 4.59. The molecule has 1 N–H and O–H groups in total. The van der Waals surface area contributed by atoms with Crippen LogP contribution in [0.2, 0.25) is 0 Å². The average Bonchev–Trinajstić information content (AvgIpc) is 2.74. The van der Waals surface area contributed by atoms with Crippen LogP contribution in [-0.4, -0.2) is 5.91 Å². The third-order valence-corrected chi connectivity index (χ3v) is 4.41. The Labute approximate surface area is 127 Å². The third-order valence-electron chi connectivity index (χ3n) is 2.77. The average molecular weight is 360 g/mol. The van der Waals surface area contributed by atoms with E-state index in [1.54, 1.807) is 6.92 Å². The largest absolute Gasteiger partial charge is 0.345 e. The van der Waals surface area contributed by atoms with Crippen molar-refractivity contribution in [2.45, 2.75) is 19.9 Å². The molecule has 0 spiro atoms. The van der Waals surface area contributed by atoms with Crippen LogP contribution in [0.5, 0.6) is 0 Å². The molecule has 2 nitrogen and oxygen atoms in total. The number of thiophene rings is 1. The Morgan fingerprint density at radius 2 is 1.90 bits per heavy atom. The lowest BCUT2D eigenvalue weighted by molar-refractivity contribution is 0.0932. The first-order valence-electron chi connectivity index (χ1n) is 5.90. The summed E-state index contributed by atoms with van der Waals surface area (Å²) < 4.78 is 27.6. The van der Waals surface area contributed by atoms with Crippen LogP contribution in [0.3, 0.4) is 0 Å². The lowest BCUT2D eigenvalue weighted by atomic mass is 10.1. The zero-order valence-electron chi connectivity index (χ0n) is 10.8. The van der Waals surface area contributed by atoms with Gasteiger partial charge in [0.05, 0.1) is 6.04 Å². The van der Waals surface area contributed by atoms with Gasteiger partial charge in [-0.15, -0.1) is 11.3 Å². The van der Waals surface area contributed by atoms with Crippen molar-refractivity contribution in [1.29, 1.82) is 0 Å². The number of hydrogen-bond acceptors (Lipinski definition) is 2. The molecule has 0 bridgehead atoms. The van der Waals surface area contributed by atoms with Crippen molar-refractivity contribution in [2.75, 3.05) is 0 Å². The molecule has 0 fully saturated rings. The molecule has 20 heavy (non-hydrogen) atoms. The van der Waals surface area contributed by atoms with Crippen molar-refractivity contribution < 1.29 is 13.6 Å². The van der Waals surface area contributed by atoms with E-state index in [1.807, 2.05) is 19.1 Å². The Kier molecular flexibility index (Phi) is 4.55. The second-order valence-corrected chi connectivity index (χ2v) is 6.62. The molecule has 1 amide bonds. The molecule has 1 unspecified atom stereocenters. The van der Waals surface area contributed by atoms with Crippen molar-refractivity contribution in [3.63, 3.8) is 0 Å². The Bertz CT molecular complexity index is 633. The molecule has 1 aromatic carbocycles. The zero-order chi connectivity index (χ0) is 14.9. The molecule has 2 aromatic rings. The Hall–Kier alpha value is -1.27. The minimum Gasteiger partial charge on any atom is -0.345 e. The number of rotatable bonds is 3. The molecule has 0 aliphatic carbocycles. The van der Waals surface area contributed by atoms with Gasteiger partial charge in [0.15, 0.2) is 0 Å². The Balaban J connectivity index is 2.20. The summed E-state index contributed by atoms with van der Waals surface area (Å²) in [5, 5.41) is 2.60. The first-order valence-corrected chi connectivity index (χ1v) is 7.51. The summed E-state index contributed by atoms with van der Waals surface area (Å²) in [6.07, 6.45) is 0. The molecule has 1 heterocycles. The summed E-state index contributed by atoms with van der Waals surface area (Å²) in [6, 6.07) is 5.65. The van der Waals surface area contributed by atoms with Crippen molar-refractivity contribution in [1.82, 2.24) is 5.32 Å². The van der Waals surface area contributed by atoms with Gasteiger partial charge in [-0.2, -0.15) is 0 Å². The number of aryl methyl sites for hydroxylation is 1. The van der Waals surface area contributed by atoms with E-state index in [-0.39, 0.29) is 10.5 Å². The number of nitrogens with one attached hydrogen (secondary N) is 1. The molecule has 1 atom stereocenters. The summed E-state index contributed by atoms with van der Waals surface area (Å²) in [5.74, 6) is -2.53. The summed E-state index contributed by atoms with van der Waals surface area (Å²) in [6.45, 7) is 3.73. The molecular weight excluding hydrogens is 348 g/mol. The number of halogens is 3. The third kappa shape index (κ3) is 3.24. The van der Waals surface area contributed by atoms with Crippen LogP contribution in [0.1, 0.15) is 33.1 Å². The SMILES string of the molecule is Cc1ccc(C(C)NC(=O)c2c(F)cc(Br)cc2F)s1. The smallest absolute Gasteiger partial charge is 0.257 e. The van der Waals surface area contributed by atoms with Gasteiger partial charge in [-0.3, -0.25) is 4.79 Å². The van der Waals surface area contributed by atoms with Crippen LogP contribution in [0.4, 0.5) is 8.78 Å². The summed E-state index contributed by atoms with van der Waals surface area (Å²) >= 11 is 4.51. The predicted molar refractivity (Wildman–Crippen MR) is 79.0 cm³/mol. The van der Waals surface area contributed by atoms with Crippen LogP contribution in [0.25, 0.3) is 0 Å². The minimum absolute atomic E-state index is 0.256. The van der Waals surface area contributed by atoms with Crippen molar-refractivity contribution in [2.24, 2.45) is 0 Å². The molecule has 2 rings (SSSR count). The quantitative estimate of drug-likeness (QED) is 0.853. The fourth-order valence-electron chi connectivity index (χ4n) is 1.79. The van der Waals surface area contributed by atoms with Gasteiger partial charge >= 0.3 is 0 Å². The van der Waals surface area contributed by atoms with Gasteiger partial charge in [-0.05, 0) is 38.1 Å². The van der Waals surface area contributed by atoms with Crippen LogP contribution in [0.15, 0.2) is 28.7 Å². The van der Waals surface area contributed by atoms with E-state index >= 15 is 0 Å². The first kappa shape index (κ1) is 15.1. The van der Waals surface area contributed by atoms with Crippen LogP contribution in [0, 0.1) is 18.6 Å². The van der Waals surface area contributed by atoms with E-state index in [2.05, 4.69) is 21.2 Å². The van der Waals surface area contributed by atoms with Gasteiger partial charge in [-0.1, -0.05) is 15.9 Å². The van der Waals surface area contributed by atoms with Crippen LogP contribution >= 0.6 is 27.3 Å². The highest BCUT2D eigenvalue weighted by Gasteiger charge is 2.20. The molecule has 0 saturated carbocycles. The molecule has 106 valence electrons. The molecule has 1 aromatic heterocycles. The van der Waals surface area contributed by atoms with Crippen molar-refractivity contribution in [3.8, 4) is 0 Å². The Morgan fingerprint density at radius 3 is 2.40 bits per heavy atom. The zero-order valence-corrected chi connectivity index (χ0v) is 13.2. The molecule has 0 radical (unpaired) electrons. The van der Waals surface area contributed by atoms with Crippen LogP contribution < -0.4 is 5.32 Å². The van der Waals surface area contributed by atoms with Gasteiger partial charge in [-0.25, -0.2) is 8.78 Å². The standard InChI is InChI=1S/C14H12BrF2NOS/c1-7-3-4-12(20-7)8(2)18-14(19)13-10(16)5-9(15)6-11(13)17/h3-6,8H,1-2H3,(H,18,19). The molecule has 0 aliphatic heterocycles. The fraction of sp³-hybridized carbons (Fsp3) is 0.214. The Morgan fingerprint density at radius 1 is 1.30 bits per heavy atom. The highest BCUT2D eigenvalue weighted by atomic mass is 79.9. The number of carbonyl (C=O) groups excluding carboxylic acids is 1. The van der Waals surface area contributed by atoms with Crippen molar-refractivity contribution >= 4 is 33.2 Å². The molecule has 0 aliphatic rings. The normalized spacial score (nSPS) is 12.2. The number of benzene rings is 1. The van der Waals surface area contributed by atoms with E-state index < -0.39 is 23.1 Å². The fourth-order valence-corrected chi connectivity index (χ4v) is 3.07. The summed E-state index contributed by atoms with van der Waals surface area (Å²) in [4.78, 5) is 14.0. The van der Waals surface area contributed by atoms with E-state index in [0.717, 1.165) is 21.9 Å². The van der Waals surface area contributed by atoms with Gasteiger partial charge in [0.25, 0.3) is 5.91 Å². The van der Waals surface area contributed by atoms with E-state index in [1.165, 1.54) is 11.3 Å². The van der Waals surface area contributed by atoms with Crippen LogP contribution in [-0.2, 0) is 0 Å². The maximum atomic E-state index is 13.7. The maximum Gasteiger partial charge on any atom is 0.257 e. The molecular formula is C14H12BrF2NOS. The lowest BCUT2D eigenvalue weighted by Crippen LogP contribution is -2.28. The van der Waals surface area contributed by atoms with Crippen molar-refractivity contribution in [3.05, 3.63) is 55.7 Å². The first-order chi connectivity index (χ1) is 9.38. The number of amides is 1. The topological polar surface area (TPSA) is 29.1 Å². The molecule has 0 saturated heterocycles. The van der Waals surface area contributed by atoms with E-state index in [0.29, 0.717) is 0 Å². The van der Waals surface area contributed by atoms with Gasteiger partial charge in [0.1, 0.15) is 17.2 Å². The lowest BCUT2D eigenvalue weighted by Gasteiger charge is -2.13. The van der Waals surface area contributed by atoms with E-state index in [4.69, 9.17) is 0 Å². The second-order valence-electron chi connectivity index (χ2n) is 4.39. The summed E-state index contributed by atoms with van der Waals surface area (Å²) in [5.41, 5.74) is -0.562. The number of hydrogen-bond donors (Lipinski definition) is 1. The second kappa shape index (κ2) is 6.01. The molecule has 6 heteroatoms. The van der Waals surface area contributed by atoms with Gasteiger partial charge in [0.2, 0.25) is 0 Å². The highest BCUT2D eigenvalue weighted by molar-refractivity contribution is 9.10. The maximum absolute atomic E-state index is 13.7. The van der Waals surface area contributed by atoms with Gasteiger partial charge < -0.3 is 5.32 Å². The van der Waals surface area contributed by atoms with Gasteiger partial charge in [0, 0.05) is 14.2 Å². The van der Waals surface area contributed by atoms with E-state index in [9.17, 15) is 13.6 Å². The number of carbonyl (C=O) groups is 1.